The van der Waals surface area contributed by atoms with E-state index < -0.39 is 20.0 Å². The molecule has 0 aliphatic carbocycles. The van der Waals surface area contributed by atoms with Gasteiger partial charge in [0.05, 0.1) is 10.6 Å². The van der Waals surface area contributed by atoms with Gasteiger partial charge in [-0.2, -0.15) is 4.31 Å². The molecule has 1 saturated heterocycles. The van der Waals surface area contributed by atoms with E-state index >= 15 is 0 Å². The third kappa shape index (κ3) is 5.24. The second-order valence-corrected chi connectivity index (χ2v) is 9.79. The Labute approximate surface area is 148 Å². The molecule has 0 atom stereocenters. The van der Waals surface area contributed by atoms with Crippen molar-refractivity contribution in [1.82, 2.24) is 14.3 Å². The first-order valence-electron chi connectivity index (χ1n) is 8.00. The monoisotopic (exact) mass is 389 g/mol. The predicted molar refractivity (Wildman–Crippen MR) is 93.8 cm³/mol. The van der Waals surface area contributed by atoms with Gasteiger partial charge >= 0.3 is 0 Å². The van der Waals surface area contributed by atoms with Gasteiger partial charge in [-0.25, -0.2) is 21.6 Å². The molecule has 1 aliphatic heterocycles. The van der Waals surface area contributed by atoms with Crippen LogP contribution in [0.1, 0.15) is 12.8 Å². The van der Waals surface area contributed by atoms with Crippen molar-refractivity contribution in [3.8, 4) is 0 Å². The molecule has 2 rings (SSSR count). The van der Waals surface area contributed by atoms with Gasteiger partial charge < -0.3 is 5.32 Å². The van der Waals surface area contributed by atoms with Gasteiger partial charge in [-0.15, -0.1) is 0 Å². The van der Waals surface area contributed by atoms with Crippen molar-refractivity contribution in [2.75, 3.05) is 32.4 Å². The Morgan fingerprint density at radius 2 is 1.72 bits per heavy atom. The molecule has 0 saturated carbocycles. The second kappa shape index (κ2) is 8.26. The molecule has 0 bridgehead atoms. The maximum absolute atomic E-state index is 12.5. The summed E-state index contributed by atoms with van der Waals surface area (Å²) in [6, 6.07) is 8.20. The van der Waals surface area contributed by atoms with Crippen LogP contribution in [0.5, 0.6) is 0 Å². The fraction of sp³-hybridized carbons (Fsp3) is 0.533. The smallest absolute Gasteiger partial charge is 0.243 e. The summed E-state index contributed by atoms with van der Waals surface area (Å²) in [5.74, 6) is -0.723. The number of nitrogens with one attached hydrogen (secondary N) is 2. The van der Waals surface area contributed by atoms with Crippen molar-refractivity contribution in [3.63, 3.8) is 0 Å². The van der Waals surface area contributed by atoms with Crippen molar-refractivity contribution in [2.45, 2.75) is 17.7 Å². The van der Waals surface area contributed by atoms with E-state index in [4.69, 9.17) is 0 Å². The number of rotatable bonds is 7. The number of carbonyl (C=O) groups is 1. The number of hydrogen-bond acceptors (Lipinski definition) is 5. The van der Waals surface area contributed by atoms with Crippen LogP contribution in [0.3, 0.4) is 0 Å². The summed E-state index contributed by atoms with van der Waals surface area (Å²) in [7, 11) is -5.57. The van der Waals surface area contributed by atoms with Crippen molar-refractivity contribution in [2.24, 2.45) is 5.92 Å². The Morgan fingerprint density at radius 3 is 2.28 bits per heavy atom. The highest BCUT2D eigenvalue weighted by Gasteiger charge is 2.31. The number of amides is 1. The molecule has 10 heteroatoms. The number of sulfonamides is 2. The van der Waals surface area contributed by atoms with Gasteiger partial charge in [-0.05, 0) is 32.0 Å². The topological polar surface area (TPSA) is 113 Å². The summed E-state index contributed by atoms with van der Waals surface area (Å²) in [6.45, 7) is 0.568. The molecule has 0 aromatic heterocycles. The maximum Gasteiger partial charge on any atom is 0.243 e. The second-order valence-electron chi connectivity index (χ2n) is 5.81. The quantitative estimate of drug-likeness (QED) is 0.668. The lowest BCUT2D eigenvalue weighted by Crippen LogP contribution is -2.44. The van der Waals surface area contributed by atoms with Gasteiger partial charge in [0.2, 0.25) is 26.0 Å². The van der Waals surface area contributed by atoms with Crippen LogP contribution in [0, 0.1) is 5.92 Å². The first kappa shape index (κ1) is 19.8. The molecular weight excluding hydrogens is 366 g/mol. The molecule has 1 aromatic carbocycles. The minimum atomic E-state index is -3.54. The largest absolute Gasteiger partial charge is 0.355 e. The van der Waals surface area contributed by atoms with Crippen LogP contribution >= 0.6 is 0 Å². The zero-order valence-corrected chi connectivity index (χ0v) is 15.6. The van der Waals surface area contributed by atoms with Crippen LogP contribution < -0.4 is 10.0 Å². The van der Waals surface area contributed by atoms with E-state index in [2.05, 4.69) is 10.0 Å². The number of benzene rings is 1. The van der Waals surface area contributed by atoms with Crippen molar-refractivity contribution in [3.05, 3.63) is 30.3 Å². The zero-order valence-electron chi connectivity index (χ0n) is 14.0. The standard InChI is InChI=1S/C15H23N3O5S2/c1-16-24(20,21)12-9-17-15(19)13-7-10-18(11-8-13)25(22,23)14-5-3-2-4-6-14/h2-6,13,16H,7-12H2,1H3,(H,17,19). The molecule has 1 heterocycles. The minimum absolute atomic E-state index is 0.0323. The van der Waals surface area contributed by atoms with Crippen molar-refractivity contribution < 1.29 is 21.6 Å². The molecule has 25 heavy (non-hydrogen) atoms. The molecule has 1 amide bonds. The Hall–Kier alpha value is -1.49. The summed E-state index contributed by atoms with van der Waals surface area (Å²) >= 11 is 0. The Balaban J connectivity index is 1.86. The van der Waals surface area contributed by atoms with E-state index in [0.717, 1.165) is 0 Å². The lowest BCUT2D eigenvalue weighted by atomic mass is 9.97. The first-order valence-corrected chi connectivity index (χ1v) is 11.1. The zero-order chi connectivity index (χ0) is 18.5. The maximum atomic E-state index is 12.5. The predicted octanol–water partition coefficient (Wildman–Crippen LogP) is -0.247. The summed E-state index contributed by atoms with van der Waals surface area (Å²) in [5.41, 5.74) is 0. The van der Waals surface area contributed by atoms with E-state index in [0.29, 0.717) is 12.8 Å². The average Bonchev–Trinajstić information content (AvgIpc) is 2.62. The van der Waals surface area contributed by atoms with Gasteiger partial charge in [0.1, 0.15) is 0 Å². The van der Waals surface area contributed by atoms with Gasteiger partial charge in [0, 0.05) is 25.6 Å². The molecule has 1 aromatic rings. The molecular formula is C15H23N3O5S2. The van der Waals surface area contributed by atoms with E-state index in [9.17, 15) is 21.6 Å². The average molecular weight is 389 g/mol. The van der Waals surface area contributed by atoms with E-state index in [1.54, 1.807) is 30.3 Å². The summed E-state index contributed by atoms with van der Waals surface area (Å²) in [5, 5.41) is 2.60. The Bertz CT molecular complexity index is 786. The van der Waals surface area contributed by atoms with Gasteiger partial charge in [0.25, 0.3) is 0 Å². The highest BCUT2D eigenvalue weighted by Crippen LogP contribution is 2.23. The normalized spacial score (nSPS) is 17.3. The van der Waals surface area contributed by atoms with Crippen molar-refractivity contribution in [1.29, 1.82) is 0 Å². The van der Waals surface area contributed by atoms with E-state index in [1.807, 2.05) is 0 Å². The number of piperidine rings is 1. The molecule has 140 valence electrons. The molecule has 8 nitrogen and oxygen atoms in total. The first-order chi connectivity index (χ1) is 11.8. The van der Waals surface area contributed by atoms with Crippen molar-refractivity contribution >= 4 is 26.0 Å². The van der Waals surface area contributed by atoms with Gasteiger partial charge in [-0.1, -0.05) is 18.2 Å². The summed E-state index contributed by atoms with van der Waals surface area (Å²) < 4.78 is 51.2. The van der Waals surface area contributed by atoms with E-state index in [-0.39, 0.29) is 42.1 Å². The molecule has 0 spiro atoms. The molecule has 1 fully saturated rings. The highest BCUT2D eigenvalue weighted by molar-refractivity contribution is 7.89. The van der Waals surface area contributed by atoms with Crippen LogP contribution in [-0.2, 0) is 24.8 Å². The van der Waals surface area contributed by atoms with Crippen LogP contribution in [0.4, 0.5) is 0 Å². The third-order valence-corrected chi connectivity index (χ3v) is 7.46. The van der Waals surface area contributed by atoms with Gasteiger partial charge in [0.15, 0.2) is 0 Å². The molecule has 1 aliphatic rings. The van der Waals surface area contributed by atoms with Crippen LogP contribution in [0.25, 0.3) is 0 Å². The van der Waals surface area contributed by atoms with Crippen LogP contribution in [0.2, 0.25) is 0 Å². The lowest BCUT2D eigenvalue weighted by Gasteiger charge is -2.30. The lowest BCUT2D eigenvalue weighted by molar-refractivity contribution is -0.125. The number of carbonyl (C=O) groups excluding carboxylic acids is 1. The summed E-state index contributed by atoms with van der Waals surface area (Å²) in [6.07, 6.45) is 0.827. The van der Waals surface area contributed by atoms with E-state index in [1.165, 1.54) is 11.4 Å². The minimum Gasteiger partial charge on any atom is -0.355 e. The number of nitrogens with zero attached hydrogens (tertiary/aromatic N) is 1. The Morgan fingerprint density at radius 1 is 1.12 bits per heavy atom. The third-order valence-electron chi connectivity index (χ3n) is 4.19. The molecule has 0 unspecified atom stereocenters. The van der Waals surface area contributed by atoms with Crippen LogP contribution in [-0.4, -0.2) is 59.5 Å². The highest BCUT2D eigenvalue weighted by atomic mass is 32.2. The number of hydrogen-bond donors (Lipinski definition) is 2. The molecule has 0 radical (unpaired) electrons. The SMILES string of the molecule is CNS(=O)(=O)CCNC(=O)C1CCN(S(=O)(=O)c2ccccc2)CC1. The van der Waals surface area contributed by atoms with Crippen LogP contribution in [0.15, 0.2) is 35.2 Å². The fourth-order valence-electron chi connectivity index (χ4n) is 2.65. The molecule has 2 N–H and O–H groups in total. The fourth-order valence-corrected chi connectivity index (χ4v) is 4.72. The summed E-state index contributed by atoms with van der Waals surface area (Å²) in [4.78, 5) is 12.3. The van der Waals surface area contributed by atoms with Gasteiger partial charge in [-0.3, -0.25) is 4.79 Å². The Kier molecular flexibility index (Phi) is 6.55.